The number of hydrogen-bond acceptors (Lipinski definition) is 3. The van der Waals surface area contributed by atoms with Gasteiger partial charge in [0.25, 0.3) is 0 Å². The van der Waals surface area contributed by atoms with Crippen LogP contribution in [0.3, 0.4) is 0 Å². The summed E-state index contributed by atoms with van der Waals surface area (Å²) in [6, 6.07) is 0. The lowest BCUT2D eigenvalue weighted by atomic mass is 10.2. The van der Waals surface area contributed by atoms with Crippen LogP contribution in [0.25, 0.3) is 0 Å². The molecule has 1 N–H and O–H groups in total. The quantitative estimate of drug-likeness (QED) is 0.418. The third kappa shape index (κ3) is 8.58. The Bertz CT molecular complexity index is 384. The van der Waals surface area contributed by atoms with Crippen LogP contribution in [0.4, 0.5) is 0 Å². The molecule has 0 spiro atoms. The van der Waals surface area contributed by atoms with E-state index in [9.17, 15) is 9.90 Å². The monoisotopic (exact) mass is 374 g/mol. The molecule has 0 heterocycles. The van der Waals surface area contributed by atoms with E-state index in [2.05, 4.69) is 33.9 Å². The summed E-state index contributed by atoms with van der Waals surface area (Å²) in [6.07, 6.45) is 1.12. The number of allylic oxidation sites excluding steroid dienone is 1. The van der Waals surface area contributed by atoms with E-state index < -0.39 is 24.3 Å². The molecule has 0 radical (unpaired) electrons. The standard InChI is InChI=1S/C14H25Cl3O3Si/c1-10(20-21(5,6)13(2,3)4)12(19)8-7-11(18)9-14(15,16)17/h7-8,10,12,19H,9H2,1-6H3/b8-7+/t10-,12+/m1/s1. The maximum absolute atomic E-state index is 11.5. The van der Waals surface area contributed by atoms with Gasteiger partial charge in [0.1, 0.15) is 0 Å². The van der Waals surface area contributed by atoms with Crippen LogP contribution >= 0.6 is 34.8 Å². The number of carbonyl (C=O) groups is 1. The SMILES string of the molecule is C[C@@H](O[Si](C)(C)C(C)(C)C)[C@@H](O)/C=C/C(=O)CC(Cl)(Cl)Cl. The second-order valence-electron chi connectivity index (χ2n) is 6.69. The summed E-state index contributed by atoms with van der Waals surface area (Å²) in [4.78, 5) is 11.5. The van der Waals surface area contributed by atoms with Crippen LogP contribution in [0.5, 0.6) is 0 Å². The Balaban J connectivity index is 4.60. The molecule has 0 bridgehead atoms. The molecular formula is C14H25Cl3O3Si. The van der Waals surface area contributed by atoms with Gasteiger partial charge in [-0.05, 0) is 31.1 Å². The normalized spacial score (nSPS) is 17.0. The molecule has 21 heavy (non-hydrogen) atoms. The zero-order valence-electron chi connectivity index (χ0n) is 13.4. The first-order chi connectivity index (χ1) is 9.16. The molecule has 7 heteroatoms. The Morgan fingerprint density at radius 3 is 2.14 bits per heavy atom. The fourth-order valence-electron chi connectivity index (χ4n) is 1.33. The number of hydrogen-bond donors (Lipinski definition) is 1. The van der Waals surface area contributed by atoms with Crippen LogP contribution < -0.4 is 0 Å². The van der Waals surface area contributed by atoms with Gasteiger partial charge in [0.2, 0.25) is 0 Å². The lowest BCUT2D eigenvalue weighted by Gasteiger charge is -2.39. The molecule has 0 aliphatic heterocycles. The minimum absolute atomic E-state index is 0.0516. The average Bonchev–Trinajstić information content (AvgIpc) is 2.21. The lowest BCUT2D eigenvalue weighted by Crippen LogP contribution is -2.45. The van der Waals surface area contributed by atoms with Crippen LogP contribution in [0.15, 0.2) is 12.2 Å². The van der Waals surface area contributed by atoms with Crippen LogP contribution in [0.2, 0.25) is 18.1 Å². The van der Waals surface area contributed by atoms with Crippen molar-refractivity contribution in [2.75, 3.05) is 0 Å². The maximum atomic E-state index is 11.5. The van der Waals surface area contributed by atoms with E-state index in [0.29, 0.717) is 0 Å². The van der Waals surface area contributed by atoms with Gasteiger partial charge in [0, 0.05) is 0 Å². The van der Waals surface area contributed by atoms with Crippen molar-refractivity contribution in [2.24, 2.45) is 0 Å². The third-order valence-corrected chi connectivity index (χ3v) is 8.60. The molecular weight excluding hydrogens is 351 g/mol. The lowest BCUT2D eigenvalue weighted by molar-refractivity contribution is -0.114. The van der Waals surface area contributed by atoms with Crippen molar-refractivity contribution in [3.05, 3.63) is 12.2 Å². The molecule has 0 aromatic heterocycles. The highest BCUT2D eigenvalue weighted by Crippen LogP contribution is 2.37. The van der Waals surface area contributed by atoms with Crippen LogP contribution in [0.1, 0.15) is 34.1 Å². The molecule has 0 unspecified atom stereocenters. The molecule has 0 aliphatic rings. The molecule has 0 aromatic rings. The Hall–Kier alpha value is 0.417. The van der Waals surface area contributed by atoms with E-state index in [1.54, 1.807) is 6.92 Å². The van der Waals surface area contributed by atoms with E-state index in [1.165, 1.54) is 12.2 Å². The molecule has 2 atom stereocenters. The Labute approximate surface area is 143 Å². The largest absolute Gasteiger partial charge is 0.411 e. The van der Waals surface area contributed by atoms with Crippen molar-refractivity contribution in [1.29, 1.82) is 0 Å². The van der Waals surface area contributed by atoms with Crippen molar-refractivity contribution < 1.29 is 14.3 Å². The van der Waals surface area contributed by atoms with Crippen LogP contribution in [-0.2, 0) is 9.22 Å². The van der Waals surface area contributed by atoms with Gasteiger partial charge in [-0.3, -0.25) is 4.79 Å². The molecule has 124 valence electrons. The number of halogens is 3. The van der Waals surface area contributed by atoms with Gasteiger partial charge >= 0.3 is 0 Å². The van der Waals surface area contributed by atoms with E-state index >= 15 is 0 Å². The summed E-state index contributed by atoms with van der Waals surface area (Å²) in [5.41, 5.74) is 0. The first kappa shape index (κ1) is 21.4. The minimum Gasteiger partial charge on any atom is -0.411 e. The maximum Gasteiger partial charge on any atom is 0.197 e. The van der Waals surface area contributed by atoms with Crippen molar-refractivity contribution in [3.8, 4) is 0 Å². The van der Waals surface area contributed by atoms with E-state index in [0.717, 1.165) is 0 Å². The summed E-state index contributed by atoms with van der Waals surface area (Å²) in [5.74, 6) is -0.353. The van der Waals surface area contributed by atoms with Gasteiger partial charge in [-0.15, -0.1) is 0 Å². The molecule has 0 fully saturated rings. The summed E-state index contributed by atoms with van der Waals surface area (Å²) in [7, 11) is -1.97. The van der Waals surface area contributed by atoms with Gasteiger partial charge in [-0.25, -0.2) is 0 Å². The zero-order chi connectivity index (χ0) is 17.1. The molecule has 3 nitrogen and oxygen atoms in total. The van der Waals surface area contributed by atoms with Crippen molar-refractivity contribution in [1.82, 2.24) is 0 Å². The zero-order valence-corrected chi connectivity index (χ0v) is 16.7. The first-order valence-corrected chi connectivity index (χ1v) is 10.8. The fraction of sp³-hybridized carbons (Fsp3) is 0.786. The predicted molar refractivity (Wildman–Crippen MR) is 92.8 cm³/mol. The van der Waals surface area contributed by atoms with Crippen molar-refractivity contribution >= 4 is 48.9 Å². The molecule has 0 saturated heterocycles. The third-order valence-electron chi connectivity index (χ3n) is 3.62. The molecule has 0 saturated carbocycles. The van der Waals surface area contributed by atoms with Crippen molar-refractivity contribution in [2.45, 2.75) is 68.2 Å². The minimum atomic E-state index is -1.97. The molecule has 0 aliphatic carbocycles. The highest BCUT2D eigenvalue weighted by atomic mass is 35.6. The highest BCUT2D eigenvalue weighted by Gasteiger charge is 2.39. The Morgan fingerprint density at radius 2 is 1.76 bits per heavy atom. The van der Waals surface area contributed by atoms with E-state index in [1.807, 2.05) is 0 Å². The van der Waals surface area contributed by atoms with E-state index in [-0.39, 0.29) is 17.2 Å². The Morgan fingerprint density at radius 1 is 1.29 bits per heavy atom. The second-order valence-corrected chi connectivity index (χ2v) is 14.0. The van der Waals surface area contributed by atoms with Gasteiger partial charge < -0.3 is 9.53 Å². The number of aliphatic hydroxyl groups excluding tert-OH is 1. The summed E-state index contributed by atoms with van der Waals surface area (Å²) >= 11 is 16.6. The topological polar surface area (TPSA) is 46.5 Å². The number of aliphatic hydroxyl groups is 1. The van der Waals surface area contributed by atoms with Gasteiger partial charge in [-0.2, -0.15) is 0 Å². The molecule has 0 amide bonds. The number of alkyl halides is 3. The predicted octanol–water partition coefficient (Wildman–Crippen LogP) is 4.64. The van der Waals surface area contributed by atoms with Crippen molar-refractivity contribution in [3.63, 3.8) is 0 Å². The molecule has 0 rings (SSSR count). The summed E-state index contributed by atoms with van der Waals surface area (Å²) in [5, 5.41) is 10.1. The number of ketones is 1. The first-order valence-electron chi connectivity index (χ1n) is 6.79. The summed E-state index contributed by atoms with van der Waals surface area (Å²) in [6.45, 7) is 12.4. The smallest absolute Gasteiger partial charge is 0.197 e. The number of rotatable bonds is 6. The van der Waals surface area contributed by atoms with Crippen LogP contribution in [-0.4, -0.2) is 35.2 Å². The summed E-state index contributed by atoms with van der Waals surface area (Å²) < 4.78 is 4.43. The van der Waals surface area contributed by atoms with Gasteiger partial charge in [0.05, 0.1) is 18.6 Å². The van der Waals surface area contributed by atoms with Gasteiger partial charge in [0.15, 0.2) is 17.9 Å². The Kier molecular flexibility index (Phi) is 7.95. The van der Waals surface area contributed by atoms with E-state index in [4.69, 9.17) is 39.2 Å². The second kappa shape index (κ2) is 7.80. The number of carbonyl (C=O) groups excluding carboxylic acids is 1. The average molecular weight is 376 g/mol. The highest BCUT2D eigenvalue weighted by molar-refractivity contribution is 6.74. The van der Waals surface area contributed by atoms with Gasteiger partial charge in [-0.1, -0.05) is 61.7 Å². The molecule has 0 aromatic carbocycles. The fourth-order valence-corrected chi connectivity index (χ4v) is 3.15. The van der Waals surface area contributed by atoms with Crippen LogP contribution in [0, 0.1) is 0 Å².